The molecule has 0 bridgehead atoms. The molecule has 3 rings (SSSR count). The lowest BCUT2D eigenvalue weighted by Gasteiger charge is -2.06. The van der Waals surface area contributed by atoms with E-state index >= 15 is 0 Å². The smallest absolute Gasteiger partial charge is 0.180 e. The van der Waals surface area contributed by atoms with Crippen LogP contribution in [-0.4, -0.2) is 14.4 Å². The molecule has 0 aliphatic rings. The number of anilines is 1. The molecule has 4 nitrogen and oxygen atoms in total. The van der Waals surface area contributed by atoms with E-state index in [0.29, 0.717) is 0 Å². The maximum atomic E-state index is 4.30. The Hall–Kier alpha value is -2.36. The Bertz CT molecular complexity index is 615. The number of hydrogen-bond acceptors (Lipinski definition) is 3. The van der Waals surface area contributed by atoms with Crippen molar-refractivity contribution in [2.24, 2.45) is 0 Å². The lowest BCUT2D eigenvalue weighted by molar-refractivity contribution is 1.07. The van der Waals surface area contributed by atoms with Crippen molar-refractivity contribution in [2.75, 3.05) is 5.32 Å². The molecule has 3 aromatic rings. The molecule has 0 radical (unpaired) electrons. The molecule has 17 heavy (non-hydrogen) atoms. The summed E-state index contributed by atoms with van der Waals surface area (Å²) in [5.41, 5.74) is 2.08. The highest BCUT2D eigenvalue weighted by molar-refractivity contribution is 5.62. The molecule has 1 N–H and O–H groups in total. The second-order valence-electron chi connectivity index (χ2n) is 3.77. The van der Waals surface area contributed by atoms with Gasteiger partial charge in [-0.3, -0.25) is 0 Å². The number of nitrogens with one attached hydrogen (secondary N) is 1. The Kier molecular flexibility index (Phi) is 2.46. The minimum Gasteiger partial charge on any atom is -0.363 e. The number of aromatic nitrogens is 3. The Balaban J connectivity index is 1.84. The zero-order valence-corrected chi connectivity index (χ0v) is 9.24. The summed E-state index contributed by atoms with van der Waals surface area (Å²) in [6, 6.07) is 10.2. The third kappa shape index (κ3) is 1.97. The second-order valence-corrected chi connectivity index (χ2v) is 3.77. The minimum atomic E-state index is 0.750. The van der Waals surface area contributed by atoms with Crippen LogP contribution in [0, 0.1) is 0 Å². The van der Waals surface area contributed by atoms with Crippen molar-refractivity contribution in [2.45, 2.75) is 6.54 Å². The number of imidazole rings is 1. The van der Waals surface area contributed by atoms with Gasteiger partial charge in [-0.25, -0.2) is 9.97 Å². The van der Waals surface area contributed by atoms with E-state index in [2.05, 4.69) is 27.4 Å². The van der Waals surface area contributed by atoms with Crippen LogP contribution in [0.15, 0.2) is 55.1 Å². The van der Waals surface area contributed by atoms with Gasteiger partial charge in [-0.05, 0) is 5.56 Å². The normalized spacial score (nSPS) is 10.6. The molecule has 1 aromatic carbocycles. The van der Waals surface area contributed by atoms with Crippen LogP contribution in [0.1, 0.15) is 5.56 Å². The largest absolute Gasteiger partial charge is 0.363 e. The first-order valence-corrected chi connectivity index (χ1v) is 5.49. The predicted octanol–water partition coefficient (Wildman–Crippen LogP) is 2.34. The first-order chi connectivity index (χ1) is 8.43. The van der Waals surface area contributed by atoms with Crippen LogP contribution >= 0.6 is 0 Å². The zero-order chi connectivity index (χ0) is 11.5. The Morgan fingerprint density at radius 3 is 2.59 bits per heavy atom. The van der Waals surface area contributed by atoms with Crippen molar-refractivity contribution >= 4 is 11.5 Å². The molecular formula is C13H12N4. The van der Waals surface area contributed by atoms with Crippen LogP contribution < -0.4 is 5.32 Å². The van der Waals surface area contributed by atoms with Gasteiger partial charge in [0.1, 0.15) is 0 Å². The number of fused-ring (bicyclic) bond motifs is 1. The molecule has 0 unspecified atom stereocenters. The van der Waals surface area contributed by atoms with Gasteiger partial charge >= 0.3 is 0 Å². The van der Waals surface area contributed by atoms with Gasteiger partial charge < -0.3 is 9.72 Å². The highest BCUT2D eigenvalue weighted by Crippen LogP contribution is 2.12. The maximum absolute atomic E-state index is 4.30. The summed E-state index contributed by atoms with van der Waals surface area (Å²) in [6.07, 6.45) is 7.33. The number of nitrogens with zero attached hydrogens (tertiary/aromatic N) is 3. The van der Waals surface area contributed by atoms with Crippen molar-refractivity contribution < 1.29 is 0 Å². The van der Waals surface area contributed by atoms with Gasteiger partial charge in [0, 0.05) is 31.3 Å². The van der Waals surface area contributed by atoms with Crippen LogP contribution in [0.3, 0.4) is 0 Å². The molecule has 0 amide bonds. The van der Waals surface area contributed by atoms with Crippen molar-refractivity contribution in [1.82, 2.24) is 14.4 Å². The molecule has 0 atom stereocenters. The van der Waals surface area contributed by atoms with Gasteiger partial charge in [0.15, 0.2) is 11.5 Å². The third-order valence-electron chi connectivity index (χ3n) is 2.61. The van der Waals surface area contributed by atoms with E-state index in [-0.39, 0.29) is 0 Å². The fraction of sp³-hybridized carbons (Fsp3) is 0.0769. The van der Waals surface area contributed by atoms with Crippen molar-refractivity contribution in [3.05, 3.63) is 60.7 Å². The molecule has 84 valence electrons. The van der Waals surface area contributed by atoms with Crippen LogP contribution in [0.25, 0.3) is 5.65 Å². The molecular weight excluding hydrogens is 212 g/mol. The molecule has 0 aliphatic carbocycles. The summed E-state index contributed by atoms with van der Waals surface area (Å²) < 4.78 is 1.94. The van der Waals surface area contributed by atoms with E-state index in [1.807, 2.05) is 35.0 Å². The minimum absolute atomic E-state index is 0.750. The van der Waals surface area contributed by atoms with E-state index in [1.165, 1.54) is 5.56 Å². The number of rotatable bonds is 3. The maximum Gasteiger partial charge on any atom is 0.180 e. The molecule has 0 aliphatic heterocycles. The molecule has 4 heteroatoms. The van der Waals surface area contributed by atoms with Crippen LogP contribution in [-0.2, 0) is 6.54 Å². The van der Waals surface area contributed by atoms with Gasteiger partial charge in [-0.2, -0.15) is 0 Å². The van der Waals surface area contributed by atoms with Crippen LogP contribution in [0.5, 0.6) is 0 Å². The average Bonchev–Trinajstić information content (AvgIpc) is 2.86. The lowest BCUT2D eigenvalue weighted by Crippen LogP contribution is -2.03. The molecule has 0 saturated carbocycles. The fourth-order valence-electron chi connectivity index (χ4n) is 1.76. The summed E-state index contributed by atoms with van der Waals surface area (Å²) in [4.78, 5) is 8.57. The molecule has 0 spiro atoms. The van der Waals surface area contributed by atoms with Crippen molar-refractivity contribution in [3.8, 4) is 0 Å². The highest BCUT2D eigenvalue weighted by Gasteiger charge is 2.02. The predicted molar refractivity (Wildman–Crippen MR) is 66.8 cm³/mol. The van der Waals surface area contributed by atoms with E-state index in [0.717, 1.165) is 18.0 Å². The van der Waals surface area contributed by atoms with Gasteiger partial charge in [0.2, 0.25) is 0 Å². The molecule has 2 heterocycles. The fourth-order valence-corrected chi connectivity index (χ4v) is 1.76. The van der Waals surface area contributed by atoms with E-state index in [9.17, 15) is 0 Å². The van der Waals surface area contributed by atoms with Crippen molar-refractivity contribution in [1.29, 1.82) is 0 Å². The van der Waals surface area contributed by atoms with E-state index in [4.69, 9.17) is 0 Å². The summed E-state index contributed by atoms with van der Waals surface area (Å²) in [5, 5.41) is 3.30. The van der Waals surface area contributed by atoms with Crippen molar-refractivity contribution in [3.63, 3.8) is 0 Å². The summed E-state index contributed by atoms with van der Waals surface area (Å²) in [5.74, 6) is 0.807. The molecule has 0 fully saturated rings. The quantitative estimate of drug-likeness (QED) is 0.742. The first kappa shape index (κ1) is 9.84. The lowest BCUT2D eigenvalue weighted by atomic mass is 10.2. The van der Waals surface area contributed by atoms with Crippen LogP contribution in [0.2, 0.25) is 0 Å². The second kappa shape index (κ2) is 4.25. The van der Waals surface area contributed by atoms with Gasteiger partial charge in [0.25, 0.3) is 0 Å². The standard InChI is InChI=1S/C13H12N4/c1-2-4-11(5-3-1)10-16-12-13-15-7-9-17(13)8-6-14-12/h1-9H,10H2,(H,14,16). The van der Waals surface area contributed by atoms with Gasteiger partial charge in [0.05, 0.1) is 0 Å². The number of benzene rings is 1. The topological polar surface area (TPSA) is 42.2 Å². The first-order valence-electron chi connectivity index (χ1n) is 5.49. The van der Waals surface area contributed by atoms with E-state index < -0.39 is 0 Å². The van der Waals surface area contributed by atoms with Crippen LogP contribution in [0.4, 0.5) is 5.82 Å². The Labute approximate surface area is 99.0 Å². The monoisotopic (exact) mass is 224 g/mol. The van der Waals surface area contributed by atoms with Gasteiger partial charge in [-0.1, -0.05) is 30.3 Å². The third-order valence-corrected chi connectivity index (χ3v) is 2.61. The number of hydrogen-bond donors (Lipinski definition) is 1. The highest BCUT2D eigenvalue weighted by atomic mass is 15.1. The summed E-state index contributed by atoms with van der Waals surface area (Å²) >= 11 is 0. The average molecular weight is 224 g/mol. The van der Waals surface area contributed by atoms with Gasteiger partial charge in [-0.15, -0.1) is 0 Å². The Morgan fingerprint density at radius 2 is 1.76 bits per heavy atom. The summed E-state index contributed by atoms with van der Waals surface area (Å²) in [7, 11) is 0. The Morgan fingerprint density at radius 1 is 1.00 bits per heavy atom. The zero-order valence-electron chi connectivity index (χ0n) is 9.24. The SMILES string of the molecule is c1ccc(CNc2nccn3ccnc23)cc1. The molecule has 2 aromatic heterocycles. The molecule has 0 saturated heterocycles. The summed E-state index contributed by atoms with van der Waals surface area (Å²) in [6.45, 7) is 0.750. The van der Waals surface area contributed by atoms with E-state index in [1.54, 1.807) is 12.4 Å².